The molecule has 1 aliphatic heterocycles. The van der Waals surface area contributed by atoms with Crippen LogP contribution in [0.4, 0.5) is 5.69 Å². The number of amides is 3. The fourth-order valence-electron chi connectivity index (χ4n) is 1.82. The van der Waals surface area contributed by atoms with Crippen molar-refractivity contribution in [3.63, 3.8) is 0 Å². The molecule has 3 amide bonds. The number of imide groups is 1. The van der Waals surface area contributed by atoms with Crippen molar-refractivity contribution in [1.29, 1.82) is 0 Å². The van der Waals surface area contributed by atoms with E-state index in [4.69, 9.17) is 17.3 Å². The average Bonchev–Trinajstić information content (AvgIpc) is 2.57. The van der Waals surface area contributed by atoms with E-state index in [1.54, 1.807) is 0 Å². The number of nitrogen functional groups attached to an aromatic ring is 1. The number of rotatable bonds is 2. The third kappa shape index (κ3) is 2.53. The molecule has 100 valence electrons. The molecule has 3 N–H and O–H groups in total. The molecule has 1 aliphatic rings. The Balaban J connectivity index is 2.14. The lowest BCUT2D eigenvalue weighted by atomic mass is 10.1. The Hall–Kier alpha value is -2.08. The van der Waals surface area contributed by atoms with Gasteiger partial charge < -0.3 is 11.1 Å². The highest BCUT2D eigenvalue weighted by atomic mass is 35.5. The van der Waals surface area contributed by atoms with Gasteiger partial charge in [-0.15, -0.1) is 0 Å². The summed E-state index contributed by atoms with van der Waals surface area (Å²) in [6.45, 7) is 0. The first-order valence-electron chi connectivity index (χ1n) is 5.56. The van der Waals surface area contributed by atoms with Crippen LogP contribution in [0.3, 0.4) is 0 Å². The zero-order valence-corrected chi connectivity index (χ0v) is 10.9. The maximum Gasteiger partial charge on any atom is 0.253 e. The molecule has 0 bridgehead atoms. The summed E-state index contributed by atoms with van der Waals surface area (Å²) >= 11 is 5.90. The number of carbonyl (C=O) groups excluding carboxylic acids is 3. The van der Waals surface area contributed by atoms with Crippen LogP contribution in [-0.4, -0.2) is 35.7 Å². The van der Waals surface area contributed by atoms with E-state index < -0.39 is 17.9 Å². The lowest BCUT2D eigenvalue weighted by molar-refractivity contribution is -0.137. The van der Waals surface area contributed by atoms with E-state index >= 15 is 0 Å². The normalized spacial score (nSPS) is 18.8. The average molecular weight is 282 g/mol. The summed E-state index contributed by atoms with van der Waals surface area (Å²) in [5.41, 5.74) is 6.18. The highest BCUT2D eigenvalue weighted by Crippen LogP contribution is 2.20. The Morgan fingerprint density at radius 1 is 1.47 bits per heavy atom. The molecule has 1 fully saturated rings. The van der Waals surface area contributed by atoms with Crippen molar-refractivity contribution in [2.75, 3.05) is 12.8 Å². The van der Waals surface area contributed by atoms with Gasteiger partial charge in [-0.1, -0.05) is 11.6 Å². The molecule has 0 spiro atoms. The maximum absolute atomic E-state index is 12.0. The summed E-state index contributed by atoms with van der Waals surface area (Å²) in [6, 6.07) is 3.62. The monoisotopic (exact) mass is 281 g/mol. The van der Waals surface area contributed by atoms with E-state index in [9.17, 15) is 14.4 Å². The fraction of sp³-hybridized carbons (Fsp3) is 0.250. The number of carbonyl (C=O) groups is 3. The molecule has 19 heavy (non-hydrogen) atoms. The van der Waals surface area contributed by atoms with Crippen LogP contribution in [0.1, 0.15) is 16.8 Å². The van der Waals surface area contributed by atoms with Crippen molar-refractivity contribution in [3.8, 4) is 0 Å². The molecule has 0 aliphatic carbocycles. The van der Waals surface area contributed by atoms with E-state index in [-0.39, 0.29) is 22.9 Å². The second kappa shape index (κ2) is 4.89. The largest absolute Gasteiger partial charge is 0.399 e. The number of halogens is 1. The van der Waals surface area contributed by atoms with Gasteiger partial charge in [-0.3, -0.25) is 19.3 Å². The maximum atomic E-state index is 12.0. The highest BCUT2D eigenvalue weighted by Gasteiger charge is 2.37. The SMILES string of the molecule is CN1C(=O)CC(NC(=O)c2ccc(N)cc2Cl)C1=O. The van der Waals surface area contributed by atoms with Crippen LogP contribution in [0, 0.1) is 0 Å². The zero-order chi connectivity index (χ0) is 14.2. The van der Waals surface area contributed by atoms with Gasteiger partial charge in [0.15, 0.2) is 0 Å². The Kier molecular flexibility index (Phi) is 3.44. The van der Waals surface area contributed by atoms with E-state index in [0.717, 1.165) is 4.90 Å². The molecule has 0 radical (unpaired) electrons. The second-order valence-corrected chi connectivity index (χ2v) is 4.67. The van der Waals surface area contributed by atoms with E-state index in [1.807, 2.05) is 0 Å². The number of likely N-dealkylation sites (tertiary alicyclic amines) is 1. The van der Waals surface area contributed by atoms with Crippen LogP contribution in [0.2, 0.25) is 5.02 Å². The Morgan fingerprint density at radius 3 is 2.68 bits per heavy atom. The van der Waals surface area contributed by atoms with Crippen LogP contribution >= 0.6 is 11.6 Å². The van der Waals surface area contributed by atoms with Gasteiger partial charge in [-0.25, -0.2) is 0 Å². The predicted octanol–water partition coefficient (Wildman–Crippen LogP) is 0.409. The quantitative estimate of drug-likeness (QED) is 0.606. The standard InChI is InChI=1S/C12H12ClN3O3/c1-16-10(17)5-9(12(16)19)15-11(18)7-3-2-6(14)4-8(7)13/h2-4,9H,5,14H2,1H3,(H,15,18). The molecule has 0 saturated carbocycles. The van der Waals surface area contributed by atoms with Crippen molar-refractivity contribution in [3.05, 3.63) is 28.8 Å². The molecule has 7 heteroatoms. The van der Waals surface area contributed by atoms with Crippen LogP contribution < -0.4 is 11.1 Å². The predicted molar refractivity (Wildman–Crippen MR) is 69.5 cm³/mol. The molecule has 1 aromatic rings. The van der Waals surface area contributed by atoms with Gasteiger partial charge in [0.05, 0.1) is 17.0 Å². The first-order chi connectivity index (χ1) is 8.90. The molecule has 1 heterocycles. The molecule has 2 rings (SSSR count). The van der Waals surface area contributed by atoms with Crippen LogP contribution in [-0.2, 0) is 9.59 Å². The number of nitrogens with one attached hydrogen (secondary N) is 1. The zero-order valence-electron chi connectivity index (χ0n) is 10.1. The van der Waals surface area contributed by atoms with E-state index in [2.05, 4.69) is 5.32 Å². The molecular weight excluding hydrogens is 270 g/mol. The van der Waals surface area contributed by atoms with Crippen molar-refractivity contribution in [1.82, 2.24) is 10.2 Å². The van der Waals surface area contributed by atoms with Crippen molar-refractivity contribution >= 4 is 35.0 Å². The first kappa shape index (κ1) is 13.4. The summed E-state index contributed by atoms with van der Waals surface area (Å²) in [5.74, 6) is -1.25. The molecule has 1 saturated heterocycles. The number of nitrogens with zero attached hydrogens (tertiary/aromatic N) is 1. The Labute approximate surface area is 114 Å². The second-order valence-electron chi connectivity index (χ2n) is 4.26. The third-order valence-corrected chi connectivity index (χ3v) is 3.24. The minimum atomic E-state index is -0.835. The topological polar surface area (TPSA) is 92.5 Å². The highest BCUT2D eigenvalue weighted by molar-refractivity contribution is 6.34. The fourth-order valence-corrected chi connectivity index (χ4v) is 2.09. The summed E-state index contributed by atoms with van der Waals surface area (Å²) in [5, 5.41) is 2.69. The summed E-state index contributed by atoms with van der Waals surface area (Å²) < 4.78 is 0. The first-order valence-corrected chi connectivity index (χ1v) is 5.94. The smallest absolute Gasteiger partial charge is 0.253 e. The van der Waals surface area contributed by atoms with E-state index in [1.165, 1.54) is 25.2 Å². The van der Waals surface area contributed by atoms with Gasteiger partial charge in [0.1, 0.15) is 6.04 Å². The molecule has 1 aromatic carbocycles. The van der Waals surface area contributed by atoms with Gasteiger partial charge in [-0.05, 0) is 18.2 Å². The number of anilines is 1. The van der Waals surface area contributed by atoms with Gasteiger partial charge in [-0.2, -0.15) is 0 Å². The Bertz CT molecular complexity index is 573. The Morgan fingerprint density at radius 2 is 2.16 bits per heavy atom. The van der Waals surface area contributed by atoms with Crippen LogP contribution in [0.15, 0.2) is 18.2 Å². The van der Waals surface area contributed by atoms with Gasteiger partial charge in [0.2, 0.25) is 5.91 Å². The summed E-state index contributed by atoms with van der Waals surface area (Å²) in [7, 11) is 1.38. The number of nitrogens with two attached hydrogens (primary N) is 1. The van der Waals surface area contributed by atoms with E-state index in [0.29, 0.717) is 5.69 Å². The number of hydrogen-bond acceptors (Lipinski definition) is 4. The molecule has 0 aromatic heterocycles. The summed E-state index contributed by atoms with van der Waals surface area (Å²) in [6.07, 6.45) is -0.0341. The van der Waals surface area contributed by atoms with Crippen molar-refractivity contribution in [2.24, 2.45) is 0 Å². The van der Waals surface area contributed by atoms with Gasteiger partial charge >= 0.3 is 0 Å². The number of hydrogen-bond donors (Lipinski definition) is 2. The minimum Gasteiger partial charge on any atom is -0.399 e. The number of benzene rings is 1. The molecule has 6 nitrogen and oxygen atoms in total. The third-order valence-electron chi connectivity index (χ3n) is 2.92. The van der Waals surface area contributed by atoms with Gasteiger partial charge in [0.25, 0.3) is 11.8 Å². The van der Waals surface area contributed by atoms with Crippen molar-refractivity contribution < 1.29 is 14.4 Å². The van der Waals surface area contributed by atoms with Crippen LogP contribution in [0.5, 0.6) is 0 Å². The van der Waals surface area contributed by atoms with Crippen LogP contribution in [0.25, 0.3) is 0 Å². The molecule has 1 unspecified atom stereocenters. The molecular formula is C12H12ClN3O3. The lowest BCUT2D eigenvalue weighted by Crippen LogP contribution is -2.40. The van der Waals surface area contributed by atoms with Gasteiger partial charge in [0, 0.05) is 12.7 Å². The lowest BCUT2D eigenvalue weighted by Gasteiger charge is -2.12. The van der Waals surface area contributed by atoms with Crippen molar-refractivity contribution in [2.45, 2.75) is 12.5 Å². The molecule has 1 atom stereocenters. The number of likely N-dealkylation sites (N-methyl/N-ethyl adjacent to an activating group) is 1. The summed E-state index contributed by atoms with van der Waals surface area (Å²) in [4.78, 5) is 36.0. The minimum absolute atomic E-state index is 0.0341.